The minimum atomic E-state index is -0.522. The molecule has 28 heavy (non-hydrogen) atoms. The third-order valence-corrected chi connectivity index (χ3v) is 6.36. The molecule has 1 atom stereocenters. The second kappa shape index (κ2) is 8.01. The number of halogens is 1. The van der Waals surface area contributed by atoms with Crippen molar-refractivity contribution in [2.24, 2.45) is 0 Å². The van der Waals surface area contributed by atoms with Gasteiger partial charge in [0.25, 0.3) is 11.8 Å². The van der Waals surface area contributed by atoms with Crippen LogP contribution in [-0.2, 0) is 4.74 Å². The zero-order chi connectivity index (χ0) is 19.6. The van der Waals surface area contributed by atoms with E-state index in [0.717, 1.165) is 31.2 Å². The molecular weight excluding hydrogens is 379 g/mol. The molecule has 7 heteroatoms. The lowest BCUT2D eigenvalue weighted by Crippen LogP contribution is -2.47. The lowest BCUT2D eigenvalue weighted by molar-refractivity contribution is -0.0712. The smallest absolute Gasteiger partial charge is 0.254 e. The molecule has 2 aliphatic heterocycles. The van der Waals surface area contributed by atoms with Crippen LogP contribution in [0.4, 0.5) is 4.39 Å². The number of amides is 2. The number of ether oxygens (including phenoxy) is 1. The predicted molar refractivity (Wildman–Crippen MR) is 105 cm³/mol. The summed E-state index contributed by atoms with van der Waals surface area (Å²) >= 11 is 1.53. The first kappa shape index (κ1) is 19.1. The molecule has 2 aliphatic rings. The zero-order valence-corrected chi connectivity index (χ0v) is 16.3. The summed E-state index contributed by atoms with van der Waals surface area (Å²) in [5.41, 5.74) is 0.594. The van der Waals surface area contributed by atoms with E-state index in [9.17, 15) is 14.0 Å². The Hall–Kier alpha value is -2.25. The van der Waals surface area contributed by atoms with Gasteiger partial charge in [0.2, 0.25) is 0 Å². The molecule has 1 aromatic heterocycles. The van der Waals surface area contributed by atoms with E-state index in [1.165, 1.54) is 23.5 Å². The summed E-state index contributed by atoms with van der Waals surface area (Å²) in [5, 5.41) is 6.58. The molecule has 0 saturated carbocycles. The van der Waals surface area contributed by atoms with E-state index < -0.39 is 11.7 Å². The normalized spacial score (nSPS) is 21.0. The lowest BCUT2D eigenvalue weighted by Gasteiger charge is -2.39. The number of nitrogens with zero attached hydrogens (tertiary/aromatic N) is 1. The monoisotopic (exact) mass is 402 g/mol. The maximum absolute atomic E-state index is 13.7. The third-order valence-electron chi connectivity index (χ3n) is 5.68. The van der Waals surface area contributed by atoms with Crippen LogP contribution >= 0.6 is 11.3 Å². The summed E-state index contributed by atoms with van der Waals surface area (Å²) in [6.07, 6.45) is 3.32. The Morgan fingerprint density at radius 1 is 1.21 bits per heavy atom. The molecule has 0 bridgehead atoms. The van der Waals surface area contributed by atoms with Gasteiger partial charge in [0.1, 0.15) is 5.82 Å². The van der Waals surface area contributed by atoms with Gasteiger partial charge in [-0.2, -0.15) is 11.3 Å². The van der Waals surface area contributed by atoms with E-state index in [0.29, 0.717) is 19.6 Å². The molecule has 1 aromatic carbocycles. The van der Waals surface area contributed by atoms with Gasteiger partial charge in [-0.05, 0) is 49.3 Å². The van der Waals surface area contributed by atoms with Gasteiger partial charge in [-0.25, -0.2) is 4.39 Å². The number of rotatable bonds is 4. The maximum Gasteiger partial charge on any atom is 0.254 e. The van der Waals surface area contributed by atoms with Crippen LogP contribution in [0.2, 0.25) is 0 Å². The standard InChI is InChI=1S/C21H23FN2O3S/c22-18-4-2-1-3-17(18)19(25)23-13-16-5-7-21(27-16)8-10-24(11-9-21)20(26)15-6-12-28-14-15/h1-4,6,12,14,16H,5,7-11,13H2,(H,23,25)/t16-/m0/s1. The van der Waals surface area contributed by atoms with Crippen molar-refractivity contribution < 1.29 is 18.7 Å². The molecule has 0 radical (unpaired) electrons. The van der Waals surface area contributed by atoms with Crippen LogP contribution in [0, 0.1) is 5.82 Å². The van der Waals surface area contributed by atoms with Crippen LogP contribution in [0.3, 0.4) is 0 Å². The number of thiophene rings is 1. The fourth-order valence-electron chi connectivity index (χ4n) is 4.04. The first-order valence-electron chi connectivity index (χ1n) is 9.58. The molecule has 2 amide bonds. The highest BCUT2D eigenvalue weighted by Crippen LogP contribution is 2.39. The van der Waals surface area contributed by atoms with Gasteiger partial charge in [0.15, 0.2) is 0 Å². The van der Waals surface area contributed by atoms with Crippen LogP contribution in [0.1, 0.15) is 46.4 Å². The number of nitrogens with one attached hydrogen (secondary N) is 1. The molecule has 0 unspecified atom stereocenters. The highest BCUT2D eigenvalue weighted by atomic mass is 32.1. The Kier molecular flexibility index (Phi) is 5.46. The number of hydrogen-bond donors (Lipinski definition) is 1. The van der Waals surface area contributed by atoms with Crippen molar-refractivity contribution in [3.8, 4) is 0 Å². The van der Waals surface area contributed by atoms with Gasteiger partial charge < -0.3 is 15.0 Å². The van der Waals surface area contributed by atoms with Crippen molar-refractivity contribution >= 4 is 23.2 Å². The highest BCUT2D eigenvalue weighted by molar-refractivity contribution is 7.08. The molecule has 0 aliphatic carbocycles. The molecule has 4 rings (SSSR count). The first-order chi connectivity index (χ1) is 13.6. The molecule has 2 saturated heterocycles. The summed E-state index contributed by atoms with van der Waals surface area (Å²) in [4.78, 5) is 26.5. The first-order valence-corrected chi connectivity index (χ1v) is 10.5. The largest absolute Gasteiger partial charge is 0.370 e. The molecule has 2 fully saturated rings. The second-order valence-corrected chi connectivity index (χ2v) is 8.24. The van der Waals surface area contributed by atoms with Gasteiger partial charge in [0.05, 0.1) is 22.8 Å². The van der Waals surface area contributed by atoms with E-state index in [2.05, 4.69) is 5.32 Å². The van der Waals surface area contributed by atoms with E-state index in [1.54, 1.807) is 12.1 Å². The summed E-state index contributed by atoms with van der Waals surface area (Å²) in [7, 11) is 0. The van der Waals surface area contributed by atoms with E-state index >= 15 is 0 Å². The molecule has 2 aromatic rings. The average Bonchev–Trinajstić information content (AvgIpc) is 3.37. The van der Waals surface area contributed by atoms with Crippen LogP contribution in [-0.4, -0.2) is 48.1 Å². The second-order valence-electron chi connectivity index (χ2n) is 7.46. The number of carbonyl (C=O) groups excluding carboxylic acids is 2. The third kappa shape index (κ3) is 3.95. The van der Waals surface area contributed by atoms with Crippen molar-refractivity contribution in [1.82, 2.24) is 10.2 Å². The van der Waals surface area contributed by atoms with E-state index in [-0.39, 0.29) is 23.2 Å². The fourth-order valence-corrected chi connectivity index (χ4v) is 4.67. The van der Waals surface area contributed by atoms with Crippen molar-refractivity contribution in [1.29, 1.82) is 0 Å². The zero-order valence-electron chi connectivity index (χ0n) is 15.5. The number of benzene rings is 1. The number of likely N-dealkylation sites (tertiary alicyclic amines) is 1. The number of piperidine rings is 1. The van der Waals surface area contributed by atoms with Crippen LogP contribution in [0.25, 0.3) is 0 Å². The summed E-state index contributed by atoms with van der Waals surface area (Å²) in [5.74, 6) is -0.854. The van der Waals surface area contributed by atoms with Gasteiger partial charge in [-0.15, -0.1) is 0 Å². The lowest BCUT2D eigenvalue weighted by atomic mass is 9.88. The Bertz CT molecular complexity index is 847. The molecule has 1 N–H and O–H groups in total. The van der Waals surface area contributed by atoms with Crippen LogP contribution < -0.4 is 5.32 Å². The van der Waals surface area contributed by atoms with Crippen LogP contribution in [0.5, 0.6) is 0 Å². The van der Waals surface area contributed by atoms with Gasteiger partial charge in [-0.1, -0.05) is 12.1 Å². The van der Waals surface area contributed by atoms with Crippen molar-refractivity contribution in [3.05, 3.63) is 58.0 Å². The number of carbonyl (C=O) groups is 2. The summed E-state index contributed by atoms with van der Waals surface area (Å²) in [6.45, 7) is 1.73. The quantitative estimate of drug-likeness (QED) is 0.852. The predicted octanol–water partition coefficient (Wildman–Crippen LogP) is 3.47. The van der Waals surface area contributed by atoms with Gasteiger partial charge in [-0.3, -0.25) is 9.59 Å². The molecule has 5 nitrogen and oxygen atoms in total. The van der Waals surface area contributed by atoms with Gasteiger partial charge >= 0.3 is 0 Å². The topological polar surface area (TPSA) is 58.6 Å². The van der Waals surface area contributed by atoms with Crippen LogP contribution in [0.15, 0.2) is 41.1 Å². The summed E-state index contributed by atoms with van der Waals surface area (Å²) in [6, 6.07) is 7.82. The maximum atomic E-state index is 13.7. The van der Waals surface area contributed by atoms with Gasteiger partial charge in [0, 0.05) is 25.0 Å². The Balaban J connectivity index is 1.27. The molecular formula is C21H23FN2O3S. The van der Waals surface area contributed by atoms with Crippen molar-refractivity contribution in [2.45, 2.75) is 37.4 Å². The summed E-state index contributed by atoms with van der Waals surface area (Å²) < 4.78 is 20.0. The molecule has 148 valence electrons. The fraction of sp³-hybridized carbons (Fsp3) is 0.429. The number of hydrogen-bond acceptors (Lipinski definition) is 4. The minimum Gasteiger partial charge on any atom is -0.370 e. The van der Waals surface area contributed by atoms with E-state index in [4.69, 9.17) is 4.74 Å². The SMILES string of the molecule is O=C(NC[C@@H]1CCC2(CCN(C(=O)c3ccsc3)CC2)O1)c1ccccc1F. The molecule has 1 spiro atoms. The molecule has 3 heterocycles. The van der Waals surface area contributed by atoms with Crippen molar-refractivity contribution in [3.63, 3.8) is 0 Å². The average molecular weight is 402 g/mol. The van der Waals surface area contributed by atoms with Crippen molar-refractivity contribution in [2.75, 3.05) is 19.6 Å². The Labute approximate surface area is 167 Å². The Morgan fingerprint density at radius 2 is 2.00 bits per heavy atom. The van der Waals surface area contributed by atoms with E-state index in [1.807, 2.05) is 21.7 Å². The minimum absolute atomic E-state index is 0.0514. The Morgan fingerprint density at radius 3 is 2.71 bits per heavy atom. The highest BCUT2D eigenvalue weighted by Gasteiger charge is 2.43.